The Hall–Kier alpha value is -1.12. The van der Waals surface area contributed by atoms with Crippen LogP contribution in [-0.4, -0.2) is 32.5 Å². The fourth-order valence-electron chi connectivity index (χ4n) is 3.37. The van der Waals surface area contributed by atoms with Gasteiger partial charge in [-0.05, 0) is 25.2 Å². The maximum absolute atomic E-state index is 10.1. The Balaban J connectivity index is 1.72. The molecule has 2 aliphatic rings. The standard InChI is InChI=1S/C21H30O3Si/c1-25(2,3)19(11-12-20(22)17-9-10-17)13-14-21(23-15-16-24-21)18-7-5-4-6-8-18/h4-8,17,19-20,22H,9-10,13-16H2,1-3H3. The highest BCUT2D eigenvalue weighted by Gasteiger charge is 2.40. The zero-order chi connectivity index (χ0) is 17.9. The van der Waals surface area contributed by atoms with Crippen LogP contribution < -0.4 is 0 Å². The first-order valence-electron chi connectivity index (χ1n) is 9.43. The molecular formula is C21H30O3Si. The SMILES string of the molecule is C[Si](C)(C)C(C#CC(O)C1CC1)CCC1(c2ccccc2)OCCO1. The molecule has 0 aromatic heterocycles. The lowest BCUT2D eigenvalue weighted by atomic mass is 9.99. The average Bonchev–Trinajstić information content (AvgIpc) is 3.33. The minimum absolute atomic E-state index is 0.328. The molecule has 2 unspecified atom stereocenters. The summed E-state index contributed by atoms with van der Waals surface area (Å²) in [7, 11) is -1.47. The Kier molecular flexibility index (Phi) is 5.70. The molecule has 0 bridgehead atoms. The number of benzene rings is 1. The van der Waals surface area contributed by atoms with Gasteiger partial charge < -0.3 is 14.6 Å². The van der Waals surface area contributed by atoms with Crippen LogP contribution in [0.25, 0.3) is 0 Å². The molecule has 3 nitrogen and oxygen atoms in total. The number of aliphatic hydroxyl groups excluding tert-OH is 1. The summed E-state index contributed by atoms with van der Waals surface area (Å²) in [5.74, 6) is 6.34. The van der Waals surface area contributed by atoms with Gasteiger partial charge in [0.25, 0.3) is 0 Å². The molecule has 1 saturated heterocycles. The highest BCUT2D eigenvalue weighted by Crippen LogP contribution is 2.39. The van der Waals surface area contributed by atoms with Gasteiger partial charge in [0.05, 0.1) is 21.3 Å². The predicted octanol–water partition coefficient (Wildman–Crippen LogP) is 4.15. The molecule has 1 aliphatic heterocycles. The van der Waals surface area contributed by atoms with E-state index in [1.807, 2.05) is 18.2 Å². The van der Waals surface area contributed by atoms with E-state index < -0.39 is 20.0 Å². The Morgan fingerprint density at radius 1 is 1.12 bits per heavy atom. The van der Waals surface area contributed by atoms with Gasteiger partial charge in [0, 0.05) is 17.5 Å². The van der Waals surface area contributed by atoms with Gasteiger partial charge in [-0.2, -0.15) is 0 Å². The van der Waals surface area contributed by atoms with E-state index in [0.717, 1.165) is 31.2 Å². The molecule has 1 N–H and O–H groups in total. The predicted molar refractivity (Wildman–Crippen MR) is 103 cm³/mol. The summed E-state index contributed by atoms with van der Waals surface area (Å²) in [4.78, 5) is 0. The van der Waals surface area contributed by atoms with E-state index in [1.165, 1.54) is 0 Å². The van der Waals surface area contributed by atoms with Crippen molar-refractivity contribution in [3.05, 3.63) is 35.9 Å². The fraction of sp³-hybridized carbons (Fsp3) is 0.619. The van der Waals surface area contributed by atoms with Gasteiger partial charge in [0.2, 0.25) is 0 Å². The van der Waals surface area contributed by atoms with Crippen molar-refractivity contribution in [3.63, 3.8) is 0 Å². The first-order valence-corrected chi connectivity index (χ1v) is 13.0. The summed E-state index contributed by atoms with van der Waals surface area (Å²) in [5, 5.41) is 10.1. The van der Waals surface area contributed by atoms with Crippen molar-refractivity contribution in [2.45, 2.75) is 62.8 Å². The first-order chi connectivity index (χ1) is 11.9. The Bertz CT molecular complexity index is 616. The summed E-state index contributed by atoms with van der Waals surface area (Å²) in [6.45, 7) is 8.32. The van der Waals surface area contributed by atoms with Crippen LogP contribution in [0, 0.1) is 17.8 Å². The maximum Gasteiger partial charge on any atom is 0.195 e. The highest BCUT2D eigenvalue weighted by atomic mass is 28.3. The summed E-state index contributed by atoms with van der Waals surface area (Å²) in [6.07, 6.45) is 3.54. The van der Waals surface area contributed by atoms with E-state index in [1.54, 1.807) is 0 Å². The van der Waals surface area contributed by atoms with Gasteiger partial charge in [0.1, 0.15) is 6.10 Å². The Labute approximate surface area is 152 Å². The van der Waals surface area contributed by atoms with Crippen molar-refractivity contribution in [2.24, 2.45) is 5.92 Å². The molecular weight excluding hydrogens is 328 g/mol. The minimum Gasteiger partial charge on any atom is -0.380 e. The molecule has 1 saturated carbocycles. The minimum atomic E-state index is -1.47. The van der Waals surface area contributed by atoms with Crippen LogP contribution in [0.4, 0.5) is 0 Å². The number of hydrogen-bond acceptors (Lipinski definition) is 3. The van der Waals surface area contributed by atoms with Crippen LogP contribution >= 0.6 is 0 Å². The highest BCUT2D eigenvalue weighted by molar-refractivity contribution is 6.78. The van der Waals surface area contributed by atoms with Crippen LogP contribution in [0.1, 0.15) is 31.2 Å². The molecule has 1 heterocycles. The molecule has 0 spiro atoms. The normalized spacial score (nSPS) is 22.1. The molecule has 1 aliphatic carbocycles. The number of hydrogen-bond donors (Lipinski definition) is 1. The molecule has 25 heavy (non-hydrogen) atoms. The van der Waals surface area contributed by atoms with E-state index in [9.17, 15) is 5.11 Å². The molecule has 3 rings (SSSR count). The molecule has 0 amide bonds. The van der Waals surface area contributed by atoms with Crippen molar-refractivity contribution >= 4 is 8.07 Å². The molecule has 4 heteroatoms. The number of aliphatic hydroxyl groups is 1. The average molecular weight is 359 g/mol. The van der Waals surface area contributed by atoms with Crippen LogP contribution in [0.3, 0.4) is 0 Å². The number of ether oxygens (including phenoxy) is 2. The quantitative estimate of drug-likeness (QED) is 0.613. The monoisotopic (exact) mass is 358 g/mol. The van der Waals surface area contributed by atoms with Crippen molar-refractivity contribution in [2.75, 3.05) is 13.2 Å². The molecule has 136 valence electrons. The second-order valence-corrected chi connectivity index (χ2v) is 13.8. The lowest BCUT2D eigenvalue weighted by Gasteiger charge is -2.31. The Morgan fingerprint density at radius 3 is 2.32 bits per heavy atom. The zero-order valence-corrected chi connectivity index (χ0v) is 16.6. The van der Waals surface area contributed by atoms with Crippen molar-refractivity contribution in [1.82, 2.24) is 0 Å². The van der Waals surface area contributed by atoms with Crippen molar-refractivity contribution in [1.29, 1.82) is 0 Å². The maximum atomic E-state index is 10.1. The fourth-order valence-corrected chi connectivity index (χ4v) is 4.90. The topological polar surface area (TPSA) is 38.7 Å². The summed E-state index contributed by atoms with van der Waals surface area (Å²) >= 11 is 0. The first kappa shape index (κ1) is 18.7. The lowest BCUT2D eigenvalue weighted by molar-refractivity contribution is -0.171. The second kappa shape index (κ2) is 7.63. The van der Waals surface area contributed by atoms with Gasteiger partial charge in [-0.25, -0.2) is 0 Å². The third-order valence-electron chi connectivity index (χ3n) is 5.25. The van der Waals surface area contributed by atoms with E-state index in [4.69, 9.17) is 9.47 Å². The van der Waals surface area contributed by atoms with Crippen LogP contribution in [0.15, 0.2) is 30.3 Å². The van der Waals surface area contributed by atoms with Crippen LogP contribution in [0.5, 0.6) is 0 Å². The van der Waals surface area contributed by atoms with Gasteiger partial charge in [0.15, 0.2) is 5.79 Å². The second-order valence-electron chi connectivity index (χ2n) is 8.34. The lowest BCUT2D eigenvalue weighted by Crippen LogP contribution is -2.32. The molecule has 2 atom stereocenters. The summed E-state index contributed by atoms with van der Waals surface area (Å²) < 4.78 is 12.1. The zero-order valence-electron chi connectivity index (χ0n) is 15.6. The van der Waals surface area contributed by atoms with Crippen LogP contribution in [-0.2, 0) is 15.3 Å². The smallest absolute Gasteiger partial charge is 0.195 e. The van der Waals surface area contributed by atoms with Gasteiger partial charge in [-0.15, -0.1) is 5.92 Å². The largest absolute Gasteiger partial charge is 0.380 e. The summed E-state index contributed by atoms with van der Waals surface area (Å²) in [5.41, 5.74) is 1.42. The van der Waals surface area contributed by atoms with Gasteiger partial charge >= 0.3 is 0 Å². The van der Waals surface area contributed by atoms with Crippen molar-refractivity contribution in [3.8, 4) is 11.8 Å². The summed E-state index contributed by atoms with van der Waals surface area (Å²) in [6, 6.07) is 10.2. The van der Waals surface area contributed by atoms with E-state index in [2.05, 4.69) is 43.6 Å². The van der Waals surface area contributed by atoms with E-state index in [-0.39, 0.29) is 0 Å². The van der Waals surface area contributed by atoms with Crippen molar-refractivity contribution < 1.29 is 14.6 Å². The Morgan fingerprint density at radius 2 is 1.76 bits per heavy atom. The molecule has 0 radical (unpaired) electrons. The van der Waals surface area contributed by atoms with E-state index >= 15 is 0 Å². The third kappa shape index (κ3) is 4.74. The van der Waals surface area contributed by atoms with E-state index in [0.29, 0.717) is 24.7 Å². The third-order valence-corrected chi connectivity index (χ3v) is 7.77. The van der Waals surface area contributed by atoms with Crippen LogP contribution in [0.2, 0.25) is 25.2 Å². The van der Waals surface area contributed by atoms with Gasteiger partial charge in [-0.3, -0.25) is 0 Å². The molecule has 1 aromatic carbocycles. The van der Waals surface area contributed by atoms with Gasteiger partial charge in [-0.1, -0.05) is 55.9 Å². The molecule has 2 fully saturated rings. The molecule has 1 aromatic rings. The number of rotatable bonds is 6.